The van der Waals surface area contributed by atoms with E-state index in [-0.39, 0.29) is 23.9 Å². The van der Waals surface area contributed by atoms with Crippen LogP contribution in [0.25, 0.3) is 10.8 Å². The van der Waals surface area contributed by atoms with Crippen LogP contribution in [0.15, 0.2) is 66.7 Å². The first-order valence-corrected chi connectivity index (χ1v) is 15.7. The predicted octanol–water partition coefficient (Wildman–Crippen LogP) is 5.85. The van der Waals surface area contributed by atoms with Gasteiger partial charge in [0.25, 0.3) is 5.91 Å². The molecule has 2 fully saturated rings. The smallest absolute Gasteiger partial charge is 0.251 e. The van der Waals surface area contributed by atoms with E-state index in [9.17, 15) is 9.59 Å². The minimum absolute atomic E-state index is 0.0234. The first kappa shape index (κ1) is 29.6. The third-order valence-corrected chi connectivity index (χ3v) is 8.99. The second kappa shape index (κ2) is 14.3. The van der Waals surface area contributed by atoms with Gasteiger partial charge in [-0.2, -0.15) is 0 Å². The van der Waals surface area contributed by atoms with Gasteiger partial charge in [0.1, 0.15) is 0 Å². The summed E-state index contributed by atoms with van der Waals surface area (Å²) in [5, 5.41) is 9.48. The largest absolute Gasteiger partial charge is 0.350 e. The molecule has 0 radical (unpaired) electrons. The van der Waals surface area contributed by atoms with Crippen molar-refractivity contribution in [1.29, 1.82) is 0 Å². The van der Waals surface area contributed by atoms with E-state index in [0.717, 1.165) is 56.2 Å². The Hall–Kier alpha value is -2.93. The second-order valence-electron chi connectivity index (χ2n) is 11.6. The second-order valence-corrected chi connectivity index (χ2v) is 12.0. The molecule has 0 aliphatic carbocycles. The summed E-state index contributed by atoms with van der Waals surface area (Å²) in [4.78, 5) is 31.6. The Morgan fingerprint density at radius 1 is 1.00 bits per heavy atom. The normalized spacial score (nSPS) is 21.0. The fourth-order valence-corrected chi connectivity index (χ4v) is 6.44. The molecule has 0 bridgehead atoms. The van der Waals surface area contributed by atoms with Crippen LogP contribution in [0.3, 0.4) is 0 Å². The Bertz CT molecular complexity index is 1310. The number of rotatable bonds is 10. The van der Waals surface area contributed by atoms with Gasteiger partial charge in [-0.1, -0.05) is 67.4 Å². The van der Waals surface area contributed by atoms with Crippen molar-refractivity contribution in [1.82, 2.24) is 20.4 Å². The van der Waals surface area contributed by atoms with E-state index in [1.54, 1.807) is 0 Å². The summed E-state index contributed by atoms with van der Waals surface area (Å²) < 4.78 is 0. The van der Waals surface area contributed by atoms with E-state index in [4.69, 9.17) is 11.6 Å². The van der Waals surface area contributed by atoms with Crippen molar-refractivity contribution in [2.45, 2.75) is 63.5 Å². The maximum absolute atomic E-state index is 13.9. The number of hydrogen-bond donors (Lipinski definition) is 2. The molecule has 0 saturated carbocycles. The number of amides is 2. The summed E-state index contributed by atoms with van der Waals surface area (Å²) >= 11 is 6.12. The first-order chi connectivity index (χ1) is 20.0. The van der Waals surface area contributed by atoms with Gasteiger partial charge in [0.05, 0.1) is 6.04 Å². The van der Waals surface area contributed by atoms with Crippen molar-refractivity contribution in [3.05, 3.63) is 82.9 Å². The van der Waals surface area contributed by atoms with Crippen LogP contribution in [0, 0.1) is 0 Å². The van der Waals surface area contributed by atoms with Gasteiger partial charge >= 0.3 is 0 Å². The zero-order valence-corrected chi connectivity index (χ0v) is 24.9. The lowest BCUT2D eigenvalue weighted by atomic mass is 9.95. The molecule has 7 heteroatoms. The standard InChI is InChI=1S/C34H43ClN4O2/c1-2-25(26-9-5-3-6-10-26)24-39-20-15-31(37-32(34(39)41)16-19-38-17-7-4-8-18-38)23-36-33(40)29-12-11-28-22-30(35)14-13-27(28)21-29/h3,5-6,9-14,21-22,25,31-32,37H,2,4,7-8,15-20,23-24H2,1H3,(H,36,40)/t25-,31+,32+/m1/s1. The van der Waals surface area contributed by atoms with Crippen LogP contribution < -0.4 is 10.6 Å². The van der Waals surface area contributed by atoms with Crippen LogP contribution >= 0.6 is 11.6 Å². The van der Waals surface area contributed by atoms with E-state index < -0.39 is 0 Å². The van der Waals surface area contributed by atoms with Crippen LogP contribution in [-0.4, -0.2) is 73.0 Å². The van der Waals surface area contributed by atoms with E-state index >= 15 is 0 Å². The van der Waals surface area contributed by atoms with Gasteiger partial charge in [0.15, 0.2) is 0 Å². The molecule has 0 spiro atoms. The number of benzene rings is 3. The molecule has 0 aromatic heterocycles. The van der Waals surface area contributed by atoms with Crippen molar-refractivity contribution in [3.63, 3.8) is 0 Å². The Morgan fingerprint density at radius 3 is 2.54 bits per heavy atom. The molecule has 41 heavy (non-hydrogen) atoms. The van der Waals surface area contributed by atoms with E-state index in [1.165, 1.54) is 24.8 Å². The summed E-state index contributed by atoms with van der Waals surface area (Å²) in [6, 6.07) is 21.7. The molecule has 6 nitrogen and oxygen atoms in total. The Labute approximate surface area is 249 Å². The molecular formula is C34H43ClN4O2. The minimum atomic E-state index is -0.250. The van der Waals surface area contributed by atoms with Crippen molar-refractivity contribution < 1.29 is 9.59 Å². The number of carbonyl (C=O) groups is 2. The van der Waals surface area contributed by atoms with Gasteiger partial charge in [-0.25, -0.2) is 0 Å². The lowest BCUT2D eigenvalue weighted by molar-refractivity contribution is -0.133. The van der Waals surface area contributed by atoms with E-state index in [0.29, 0.717) is 29.6 Å². The van der Waals surface area contributed by atoms with Crippen molar-refractivity contribution in [3.8, 4) is 0 Å². The molecule has 2 aliphatic heterocycles. The molecule has 2 aliphatic rings. The molecule has 2 amide bonds. The number of halogens is 1. The van der Waals surface area contributed by atoms with Crippen LogP contribution in [-0.2, 0) is 4.79 Å². The molecule has 0 unspecified atom stereocenters. The van der Waals surface area contributed by atoms with E-state index in [1.807, 2.05) is 42.5 Å². The fraction of sp³-hybridized carbons (Fsp3) is 0.471. The highest BCUT2D eigenvalue weighted by Crippen LogP contribution is 2.24. The molecule has 5 rings (SSSR count). The Morgan fingerprint density at radius 2 is 1.76 bits per heavy atom. The first-order valence-electron chi connectivity index (χ1n) is 15.3. The number of carbonyl (C=O) groups excluding carboxylic acids is 2. The van der Waals surface area contributed by atoms with Crippen LogP contribution in [0.4, 0.5) is 0 Å². The van der Waals surface area contributed by atoms with Gasteiger partial charge < -0.3 is 20.4 Å². The van der Waals surface area contributed by atoms with Gasteiger partial charge in [-0.15, -0.1) is 0 Å². The molecule has 3 aromatic carbocycles. The molecule has 3 atom stereocenters. The third-order valence-electron chi connectivity index (χ3n) is 8.75. The van der Waals surface area contributed by atoms with Gasteiger partial charge in [-0.3, -0.25) is 9.59 Å². The van der Waals surface area contributed by atoms with Gasteiger partial charge in [0.2, 0.25) is 5.91 Å². The Kier molecular flexibility index (Phi) is 10.3. The number of likely N-dealkylation sites (tertiary alicyclic amines) is 1. The zero-order chi connectivity index (χ0) is 28.6. The summed E-state index contributed by atoms with van der Waals surface area (Å²) in [5.74, 6) is 0.399. The Balaban J connectivity index is 1.26. The van der Waals surface area contributed by atoms with E-state index in [2.05, 4.69) is 51.6 Å². The molecule has 2 saturated heterocycles. The highest BCUT2D eigenvalue weighted by molar-refractivity contribution is 6.31. The number of nitrogens with zero attached hydrogens (tertiary/aromatic N) is 2. The number of piperidine rings is 1. The predicted molar refractivity (Wildman–Crippen MR) is 168 cm³/mol. The lowest BCUT2D eigenvalue weighted by Crippen LogP contribution is -2.50. The molecule has 3 aromatic rings. The van der Waals surface area contributed by atoms with Gasteiger partial charge in [-0.05, 0) is 85.8 Å². The zero-order valence-electron chi connectivity index (χ0n) is 24.2. The lowest BCUT2D eigenvalue weighted by Gasteiger charge is -2.31. The van der Waals surface area contributed by atoms with Crippen LogP contribution in [0.2, 0.25) is 5.02 Å². The quantitative estimate of drug-likeness (QED) is 0.319. The molecule has 2 heterocycles. The highest BCUT2D eigenvalue weighted by atomic mass is 35.5. The molecular weight excluding hydrogens is 532 g/mol. The monoisotopic (exact) mass is 574 g/mol. The SMILES string of the molecule is CC[C@H](CN1CC[C@@H](CNC(=O)c2ccc3cc(Cl)ccc3c2)N[C@@H](CCN2CCCCC2)C1=O)c1ccccc1. The van der Waals surface area contributed by atoms with Gasteiger partial charge in [0, 0.05) is 48.7 Å². The average Bonchev–Trinajstić information content (AvgIpc) is 3.16. The average molecular weight is 575 g/mol. The van der Waals surface area contributed by atoms with Crippen LogP contribution in [0.5, 0.6) is 0 Å². The molecule has 218 valence electrons. The fourth-order valence-electron chi connectivity index (χ4n) is 6.26. The minimum Gasteiger partial charge on any atom is -0.350 e. The topological polar surface area (TPSA) is 64.7 Å². The number of nitrogens with one attached hydrogen (secondary N) is 2. The number of fused-ring (bicyclic) bond motifs is 1. The summed E-state index contributed by atoms with van der Waals surface area (Å²) in [5.41, 5.74) is 1.91. The summed E-state index contributed by atoms with van der Waals surface area (Å²) in [7, 11) is 0. The van der Waals surface area contributed by atoms with Crippen molar-refractivity contribution in [2.75, 3.05) is 39.3 Å². The number of hydrogen-bond acceptors (Lipinski definition) is 4. The maximum atomic E-state index is 13.9. The summed E-state index contributed by atoms with van der Waals surface area (Å²) in [6.45, 7) is 7.25. The van der Waals surface area contributed by atoms with Crippen molar-refractivity contribution in [2.24, 2.45) is 0 Å². The summed E-state index contributed by atoms with van der Waals surface area (Å²) in [6.07, 6.45) is 6.35. The maximum Gasteiger partial charge on any atom is 0.251 e. The van der Waals surface area contributed by atoms with Crippen LogP contribution in [0.1, 0.15) is 67.3 Å². The molecule has 2 N–H and O–H groups in total. The van der Waals surface area contributed by atoms with Crippen molar-refractivity contribution >= 4 is 34.2 Å². The highest BCUT2D eigenvalue weighted by Gasteiger charge is 2.32. The third kappa shape index (κ3) is 7.88.